The van der Waals surface area contributed by atoms with Crippen LogP contribution in [0, 0.1) is 5.82 Å². The Morgan fingerprint density at radius 2 is 1.88 bits per heavy atom. The van der Waals surface area contributed by atoms with Gasteiger partial charge in [-0.1, -0.05) is 36.4 Å². The number of H-pyrrole nitrogens is 1. The van der Waals surface area contributed by atoms with Gasteiger partial charge < -0.3 is 15.5 Å². The molecular formula is C22H21FN4O5. The van der Waals surface area contributed by atoms with Crippen LogP contribution in [-0.2, 0) is 11.3 Å². The summed E-state index contributed by atoms with van der Waals surface area (Å²) < 4.78 is 14.2. The minimum Gasteiger partial charge on any atom is -0.368 e. The fourth-order valence-electron chi connectivity index (χ4n) is 2.87. The molecule has 2 aromatic carbocycles. The highest BCUT2D eigenvalue weighted by molar-refractivity contribution is 5.94. The van der Waals surface area contributed by atoms with Crippen LogP contribution in [0.4, 0.5) is 10.3 Å². The summed E-state index contributed by atoms with van der Waals surface area (Å²) in [5, 5.41) is 22.4. The predicted molar refractivity (Wildman–Crippen MR) is 114 cm³/mol. The summed E-state index contributed by atoms with van der Waals surface area (Å²) >= 11 is 0. The monoisotopic (exact) mass is 440 g/mol. The largest absolute Gasteiger partial charge is 0.368 e. The topological polar surface area (TPSA) is 144 Å². The van der Waals surface area contributed by atoms with Gasteiger partial charge in [0.2, 0.25) is 11.9 Å². The molecule has 1 heterocycles. The van der Waals surface area contributed by atoms with Gasteiger partial charge in [-0.15, -0.1) is 0 Å². The van der Waals surface area contributed by atoms with Crippen LogP contribution < -0.4 is 16.2 Å². The molecule has 0 aliphatic rings. The first-order valence-electron chi connectivity index (χ1n) is 9.71. The van der Waals surface area contributed by atoms with E-state index in [9.17, 15) is 18.8 Å². The molecule has 0 aliphatic heterocycles. The summed E-state index contributed by atoms with van der Waals surface area (Å²) in [6.07, 6.45) is -0.966. The third kappa shape index (κ3) is 6.06. The van der Waals surface area contributed by atoms with Gasteiger partial charge in [-0.05, 0) is 23.3 Å². The highest BCUT2D eigenvalue weighted by Crippen LogP contribution is 2.23. The highest BCUT2D eigenvalue weighted by atomic mass is 19.1. The first kappa shape index (κ1) is 22.8. The van der Waals surface area contributed by atoms with Crippen LogP contribution >= 0.6 is 0 Å². The maximum atomic E-state index is 14.2. The van der Waals surface area contributed by atoms with Crippen molar-refractivity contribution in [2.75, 3.05) is 5.32 Å². The standard InChI is InChI=1S/C22H21FN4O5/c23-17-7-6-13(10-15(17)14-4-2-1-3-5-14)11-24-20(31)16-12-25-22(27-21(16)32)26-18(28)8-9-19(29)30/h1-7,10,12,19,29-30H,8-9,11H2,(H,24,31)(H2,25,26,27,28,32). The molecule has 0 saturated heterocycles. The van der Waals surface area contributed by atoms with Gasteiger partial charge in [-0.25, -0.2) is 9.37 Å². The number of nitrogens with one attached hydrogen (secondary N) is 3. The summed E-state index contributed by atoms with van der Waals surface area (Å²) in [4.78, 5) is 42.3. The Labute approximate surface area is 182 Å². The van der Waals surface area contributed by atoms with Gasteiger partial charge in [0.25, 0.3) is 11.5 Å². The predicted octanol–water partition coefficient (Wildman–Crippen LogP) is 1.54. The van der Waals surface area contributed by atoms with Crippen LogP contribution in [0.1, 0.15) is 28.8 Å². The van der Waals surface area contributed by atoms with Gasteiger partial charge in [-0.2, -0.15) is 0 Å². The van der Waals surface area contributed by atoms with Gasteiger partial charge in [-0.3, -0.25) is 24.7 Å². The van der Waals surface area contributed by atoms with Crippen molar-refractivity contribution in [2.45, 2.75) is 25.7 Å². The quantitative estimate of drug-likeness (QED) is 0.336. The summed E-state index contributed by atoms with van der Waals surface area (Å²) in [6.45, 7) is 0.0559. The molecule has 0 spiro atoms. The number of aromatic nitrogens is 2. The number of amides is 2. The number of hydrogen-bond donors (Lipinski definition) is 5. The Bertz CT molecular complexity index is 1160. The zero-order chi connectivity index (χ0) is 23.1. The molecule has 2 amide bonds. The molecule has 1 aromatic heterocycles. The van der Waals surface area contributed by atoms with Crippen LogP contribution in [-0.4, -0.2) is 38.3 Å². The van der Waals surface area contributed by atoms with E-state index in [1.807, 2.05) is 6.07 Å². The number of nitrogens with zero attached hydrogens (tertiary/aromatic N) is 1. The first-order valence-corrected chi connectivity index (χ1v) is 9.71. The third-order valence-electron chi connectivity index (χ3n) is 4.50. The summed E-state index contributed by atoms with van der Waals surface area (Å²) in [5.41, 5.74) is 0.701. The Morgan fingerprint density at radius 3 is 2.56 bits per heavy atom. The van der Waals surface area contributed by atoms with Crippen molar-refractivity contribution in [1.29, 1.82) is 0 Å². The van der Waals surface area contributed by atoms with E-state index >= 15 is 0 Å². The Hall–Kier alpha value is -3.89. The smallest absolute Gasteiger partial charge is 0.265 e. The molecule has 0 bridgehead atoms. The third-order valence-corrected chi connectivity index (χ3v) is 4.50. The number of halogens is 1. The van der Waals surface area contributed by atoms with Gasteiger partial charge in [0.1, 0.15) is 11.4 Å². The average molecular weight is 440 g/mol. The molecule has 0 aliphatic carbocycles. The van der Waals surface area contributed by atoms with Gasteiger partial charge in [0.05, 0.1) is 0 Å². The number of rotatable bonds is 8. The maximum Gasteiger partial charge on any atom is 0.265 e. The van der Waals surface area contributed by atoms with E-state index in [0.717, 1.165) is 6.20 Å². The second-order valence-corrected chi connectivity index (χ2v) is 6.90. The van der Waals surface area contributed by atoms with E-state index in [2.05, 4.69) is 20.6 Å². The molecule has 166 valence electrons. The summed E-state index contributed by atoms with van der Waals surface area (Å²) in [6, 6.07) is 13.4. The summed E-state index contributed by atoms with van der Waals surface area (Å²) in [7, 11) is 0. The van der Waals surface area contributed by atoms with Crippen molar-refractivity contribution in [3.05, 3.63) is 82.0 Å². The van der Waals surface area contributed by atoms with Crippen LogP contribution in [0.3, 0.4) is 0 Å². The molecule has 0 fully saturated rings. The molecule has 3 aromatic rings. The van der Waals surface area contributed by atoms with Gasteiger partial charge in [0.15, 0.2) is 6.29 Å². The van der Waals surface area contributed by atoms with Crippen LogP contribution in [0.25, 0.3) is 11.1 Å². The van der Waals surface area contributed by atoms with Gasteiger partial charge in [0, 0.05) is 31.1 Å². The van der Waals surface area contributed by atoms with Crippen molar-refractivity contribution < 1.29 is 24.2 Å². The van der Waals surface area contributed by atoms with Crippen LogP contribution in [0.2, 0.25) is 0 Å². The number of anilines is 1. The second-order valence-electron chi connectivity index (χ2n) is 6.90. The Morgan fingerprint density at radius 1 is 1.12 bits per heavy atom. The molecule has 0 saturated carbocycles. The summed E-state index contributed by atoms with van der Waals surface area (Å²) in [5.74, 6) is -1.83. The van der Waals surface area contributed by atoms with Crippen molar-refractivity contribution in [3.63, 3.8) is 0 Å². The number of aromatic amines is 1. The zero-order valence-electron chi connectivity index (χ0n) is 16.8. The lowest BCUT2D eigenvalue weighted by atomic mass is 10.0. The number of hydrogen-bond acceptors (Lipinski definition) is 6. The lowest BCUT2D eigenvalue weighted by Crippen LogP contribution is -2.30. The molecule has 5 N–H and O–H groups in total. The first-order chi connectivity index (χ1) is 15.3. The molecule has 3 rings (SSSR count). The highest BCUT2D eigenvalue weighted by Gasteiger charge is 2.14. The van der Waals surface area contributed by atoms with E-state index in [-0.39, 0.29) is 30.9 Å². The number of aliphatic hydroxyl groups excluding tert-OH is 1. The number of carbonyl (C=O) groups is 2. The van der Waals surface area contributed by atoms with Crippen molar-refractivity contribution in [2.24, 2.45) is 0 Å². The lowest BCUT2D eigenvalue weighted by molar-refractivity contribution is -0.118. The normalized spacial score (nSPS) is 10.8. The SMILES string of the molecule is O=C(CCC(O)O)Nc1ncc(C(=O)NCc2ccc(F)c(-c3ccccc3)c2)c(=O)[nH]1. The fourth-order valence-corrected chi connectivity index (χ4v) is 2.87. The molecular weight excluding hydrogens is 419 g/mol. The minimum absolute atomic E-state index is 0.0559. The second kappa shape index (κ2) is 10.4. The van der Waals surface area contributed by atoms with E-state index in [1.165, 1.54) is 12.1 Å². The number of benzene rings is 2. The van der Waals surface area contributed by atoms with Crippen LogP contribution in [0.15, 0.2) is 59.5 Å². The fraction of sp³-hybridized carbons (Fsp3) is 0.182. The zero-order valence-corrected chi connectivity index (χ0v) is 16.8. The van der Waals surface area contributed by atoms with E-state index in [0.29, 0.717) is 16.7 Å². The molecule has 0 radical (unpaired) electrons. The molecule has 10 heteroatoms. The lowest BCUT2D eigenvalue weighted by Gasteiger charge is -2.09. The van der Waals surface area contributed by atoms with E-state index < -0.39 is 29.5 Å². The van der Waals surface area contributed by atoms with Crippen LogP contribution in [0.5, 0.6) is 0 Å². The Balaban J connectivity index is 1.64. The van der Waals surface area contributed by atoms with E-state index in [4.69, 9.17) is 10.2 Å². The van der Waals surface area contributed by atoms with Gasteiger partial charge >= 0.3 is 0 Å². The number of carbonyl (C=O) groups excluding carboxylic acids is 2. The maximum absolute atomic E-state index is 14.2. The minimum atomic E-state index is -1.62. The van der Waals surface area contributed by atoms with Crippen molar-refractivity contribution >= 4 is 17.8 Å². The molecule has 9 nitrogen and oxygen atoms in total. The molecule has 0 unspecified atom stereocenters. The van der Waals surface area contributed by atoms with Crippen molar-refractivity contribution in [3.8, 4) is 11.1 Å². The van der Waals surface area contributed by atoms with Crippen molar-refractivity contribution in [1.82, 2.24) is 15.3 Å². The molecule has 32 heavy (non-hydrogen) atoms. The van der Waals surface area contributed by atoms with E-state index in [1.54, 1.807) is 30.3 Å². The Kier molecular flexibility index (Phi) is 7.42. The molecule has 0 atom stereocenters. The average Bonchev–Trinajstić information content (AvgIpc) is 2.77. The number of aliphatic hydroxyl groups is 2.